The van der Waals surface area contributed by atoms with Gasteiger partial charge in [-0.05, 0) is 177 Å². The van der Waals surface area contributed by atoms with Gasteiger partial charge < -0.3 is 0 Å². The fourth-order valence-corrected chi connectivity index (χ4v) is 18.1. The number of halogens is 1. The SMILES string of the molecule is Clc1nc(-c2ccccc2)nc2sc3cc(-c4ccccc4)c(-c4ccc5ccccc5c4)cc3c12.c1ccc(-c2nc(-n3c4ccccc4c4cc5ccccc5cc43)c3c(n2)sc2cc(-c4ccccc4)c(-c4ccc5ccccc5c4)cc23)cc1.c1ccc2c(c1)Cc1cc3ccccc3cc1-2. The van der Waals surface area contributed by atoms with E-state index in [1.165, 1.54) is 125 Å². The molecule has 0 spiro atoms. The maximum absolute atomic E-state index is 6.82. The number of hydrogen-bond acceptors (Lipinski definition) is 6. The lowest BCUT2D eigenvalue weighted by molar-refractivity contribution is 1.08. The van der Waals surface area contributed by atoms with Crippen LogP contribution in [-0.2, 0) is 6.42 Å². The second kappa shape index (κ2) is 25.9. The number of aromatic nitrogens is 5. The van der Waals surface area contributed by atoms with Gasteiger partial charge in [0.25, 0.3) is 0 Å². The van der Waals surface area contributed by atoms with E-state index < -0.39 is 0 Å². The zero-order chi connectivity index (χ0) is 69.5. The fraction of sp³-hybridized carbons (Fsp3) is 0.0103. The molecular weight excluding hydrogens is 1330 g/mol. The quantitative estimate of drug-likeness (QED) is 0.149. The number of rotatable bonds is 7. The Morgan fingerprint density at radius 1 is 0.257 bits per heavy atom. The van der Waals surface area contributed by atoms with Gasteiger partial charge in [0.2, 0.25) is 0 Å². The van der Waals surface area contributed by atoms with Crippen molar-refractivity contribution in [2.75, 3.05) is 0 Å². The van der Waals surface area contributed by atoms with Gasteiger partial charge in [-0.15, -0.1) is 22.7 Å². The summed E-state index contributed by atoms with van der Waals surface area (Å²) in [6.07, 6.45) is 1.08. The smallest absolute Gasteiger partial charge is 0.163 e. The molecule has 5 heterocycles. The molecule has 8 heteroatoms. The highest BCUT2D eigenvalue weighted by molar-refractivity contribution is 7.26. The minimum Gasteiger partial charge on any atom is -0.293 e. The van der Waals surface area contributed by atoms with E-state index in [4.69, 9.17) is 26.6 Å². The first-order valence-electron chi connectivity index (χ1n) is 35.4. The van der Waals surface area contributed by atoms with Crippen molar-refractivity contribution in [1.82, 2.24) is 24.5 Å². The lowest BCUT2D eigenvalue weighted by atomic mass is 9.92. The highest BCUT2D eigenvalue weighted by Gasteiger charge is 2.25. The van der Waals surface area contributed by atoms with Gasteiger partial charge in [-0.25, -0.2) is 19.9 Å². The minimum absolute atomic E-state index is 0.488. The second-order valence-corrected chi connectivity index (χ2v) is 29.3. The van der Waals surface area contributed by atoms with Crippen LogP contribution in [0.4, 0.5) is 0 Å². The third-order valence-corrected chi connectivity index (χ3v) is 23.0. The molecule has 1 aliphatic rings. The van der Waals surface area contributed by atoms with Gasteiger partial charge in [0.05, 0.1) is 21.8 Å². The standard InChI is InChI=1S/C48H29N3S.C32H19ClN2S.C17H12/c1-3-14-31(15-4-1)39-29-44-41(28-38(39)36-24-23-30-13-7-8-18-33(30)25-36)45-47(49-46(50-48(45)52-44)32-16-5-2-6-17-32)51-42-22-12-11-21-37(42)40-26-34-19-9-10-20-35(34)27-43(40)51;33-30-29-27-18-25(24-16-15-20-9-7-8-14-23(20)17-24)26(21-10-3-1-4-11-21)19-28(27)36-32(29)35-31(34-30)22-12-5-2-6-13-22;1-2-6-13-11-17-15(9-12(13)5-1)10-14-7-3-4-8-16(14)17/h1-29H;1-19H;1-9,11H,10H2. The number of benzene rings is 16. The number of thiophene rings is 2. The second-order valence-electron chi connectivity index (χ2n) is 26.9. The van der Waals surface area contributed by atoms with E-state index in [9.17, 15) is 0 Å². The average Bonchev–Trinajstić information content (AvgIpc) is 1.57. The summed E-state index contributed by atoms with van der Waals surface area (Å²) >= 11 is 10.2. The van der Waals surface area contributed by atoms with Gasteiger partial charge in [0.1, 0.15) is 14.8 Å². The maximum Gasteiger partial charge on any atom is 0.163 e. The molecule has 492 valence electrons. The van der Waals surface area contributed by atoms with E-state index in [-0.39, 0.29) is 0 Å². The minimum atomic E-state index is 0.488. The van der Waals surface area contributed by atoms with Crippen LogP contribution in [0.2, 0.25) is 5.15 Å². The highest BCUT2D eigenvalue weighted by atomic mass is 35.5. The molecule has 0 amide bonds. The Bertz CT molecular complexity index is 7010. The van der Waals surface area contributed by atoms with Gasteiger partial charge in [-0.2, -0.15) is 0 Å². The van der Waals surface area contributed by atoms with E-state index in [1.54, 1.807) is 22.7 Å². The molecule has 22 rings (SSSR count). The Labute approximate surface area is 618 Å². The molecule has 21 aromatic rings. The molecule has 0 unspecified atom stereocenters. The largest absolute Gasteiger partial charge is 0.293 e. The molecule has 0 saturated heterocycles. The first-order chi connectivity index (χ1) is 51.9. The van der Waals surface area contributed by atoms with Crippen molar-refractivity contribution in [2.24, 2.45) is 0 Å². The van der Waals surface area contributed by atoms with Crippen LogP contribution in [0.5, 0.6) is 0 Å². The van der Waals surface area contributed by atoms with E-state index in [0.717, 1.165) is 76.1 Å². The summed E-state index contributed by atoms with van der Waals surface area (Å²) in [5.74, 6) is 2.27. The Balaban J connectivity index is 0.000000118. The zero-order valence-corrected chi connectivity index (χ0v) is 59.0. The summed E-state index contributed by atoms with van der Waals surface area (Å²) in [6, 6.07) is 125. The van der Waals surface area contributed by atoms with E-state index in [2.05, 4.69) is 325 Å². The molecule has 0 atom stereocenters. The van der Waals surface area contributed by atoms with Gasteiger partial charge in [0.15, 0.2) is 17.5 Å². The van der Waals surface area contributed by atoms with Crippen LogP contribution in [0.1, 0.15) is 11.1 Å². The highest BCUT2D eigenvalue weighted by Crippen LogP contribution is 2.48. The topological polar surface area (TPSA) is 56.5 Å². The molecule has 0 fully saturated rings. The molecule has 0 radical (unpaired) electrons. The number of fused-ring (bicyclic) bond motifs is 16. The van der Waals surface area contributed by atoms with Crippen molar-refractivity contribution in [3.63, 3.8) is 0 Å². The Kier molecular flexibility index (Phi) is 15.3. The first kappa shape index (κ1) is 62.1. The van der Waals surface area contributed by atoms with Crippen LogP contribution in [-0.4, -0.2) is 24.5 Å². The average molecular weight is 1400 g/mol. The lowest BCUT2D eigenvalue weighted by Gasteiger charge is -2.14. The molecule has 0 saturated carbocycles. The van der Waals surface area contributed by atoms with Crippen molar-refractivity contribution >= 4 is 140 Å². The molecular formula is C97H60ClN5S2. The van der Waals surface area contributed by atoms with Crippen LogP contribution >= 0.6 is 34.3 Å². The van der Waals surface area contributed by atoms with E-state index in [1.807, 2.05) is 36.4 Å². The van der Waals surface area contributed by atoms with Gasteiger partial charge in [-0.3, -0.25) is 4.57 Å². The lowest BCUT2D eigenvalue weighted by Crippen LogP contribution is -2.02. The molecule has 0 N–H and O–H groups in total. The zero-order valence-electron chi connectivity index (χ0n) is 56.6. The van der Waals surface area contributed by atoms with Crippen molar-refractivity contribution in [1.29, 1.82) is 0 Å². The predicted octanol–water partition coefficient (Wildman–Crippen LogP) is 27.3. The summed E-state index contributed by atoms with van der Waals surface area (Å²) in [6.45, 7) is 0. The maximum atomic E-state index is 6.82. The number of para-hydroxylation sites is 1. The fourth-order valence-electron chi connectivity index (χ4n) is 15.6. The summed E-state index contributed by atoms with van der Waals surface area (Å²) < 4.78 is 4.71. The van der Waals surface area contributed by atoms with Crippen LogP contribution in [0.25, 0.3) is 190 Å². The molecule has 16 aromatic carbocycles. The van der Waals surface area contributed by atoms with Crippen LogP contribution in [0, 0.1) is 0 Å². The van der Waals surface area contributed by atoms with Crippen molar-refractivity contribution in [2.45, 2.75) is 6.42 Å². The van der Waals surface area contributed by atoms with Crippen LogP contribution < -0.4 is 0 Å². The third kappa shape index (κ3) is 11.2. The van der Waals surface area contributed by atoms with Crippen LogP contribution in [0.3, 0.4) is 0 Å². The van der Waals surface area contributed by atoms with E-state index >= 15 is 0 Å². The van der Waals surface area contributed by atoms with Crippen LogP contribution in [0.15, 0.2) is 352 Å². The number of nitrogens with zero attached hydrogens (tertiary/aromatic N) is 5. The predicted molar refractivity (Wildman–Crippen MR) is 447 cm³/mol. The van der Waals surface area contributed by atoms with Crippen molar-refractivity contribution in [3.8, 4) is 84.2 Å². The molecule has 5 nitrogen and oxygen atoms in total. The molecule has 5 aromatic heterocycles. The normalized spacial score (nSPS) is 11.8. The first-order valence-corrected chi connectivity index (χ1v) is 37.4. The van der Waals surface area contributed by atoms with Gasteiger partial charge in [0, 0.05) is 42.1 Å². The summed E-state index contributed by atoms with van der Waals surface area (Å²) in [5.41, 5.74) is 19.4. The van der Waals surface area contributed by atoms with Crippen molar-refractivity contribution in [3.05, 3.63) is 368 Å². The Morgan fingerprint density at radius 3 is 1.26 bits per heavy atom. The van der Waals surface area contributed by atoms with Gasteiger partial charge in [-0.1, -0.05) is 303 Å². The molecule has 0 bridgehead atoms. The van der Waals surface area contributed by atoms with Gasteiger partial charge >= 0.3 is 0 Å². The molecule has 105 heavy (non-hydrogen) atoms. The van der Waals surface area contributed by atoms with E-state index in [0.29, 0.717) is 11.0 Å². The summed E-state index contributed by atoms with van der Waals surface area (Å²) in [7, 11) is 0. The Morgan fingerprint density at radius 2 is 0.686 bits per heavy atom. The molecule has 0 aliphatic heterocycles. The third-order valence-electron chi connectivity index (χ3n) is 20.6. The summed E-state index contributed by atoms with van der Waals surface area (Å²) in [4.78, 5) is 22.3. The Hall–Kier alpha value is -12.8. The monoisotopic (exact) mass is 1390 g/mol. The molecule has 1 aliphatic carbocycles. The summed E-state index contributed by atoms with van der Waals surface area (Å²) in [5, 5.41) is 17.2. The van der Waals surface area contributed by atoms with Crippen molar-refractivity contribution < 1.29 is 0 Å². The number of hydrogen-bond donors (Lipinski definition) is 0.